The first-order valence-corrected chi connectivity index (χ1v) is 4.46. The topological polar surface area (TPSA) is 59.6 Å². The number of hydrogen-bond acceptors (Lipinski definition) is 4. The number of hydroxylamine groups is 1. The molecule has 0 spiro atoms. The van der Waals surface area contributed by atoms with Gasteiger partial charge in [0.15, 0.2) is 0 Å². The van der Waals surface area contributed by atoms with Crippen LogP contribution in [0.25, 0.3) is 0 Å². The number of nitrogens with one attached hydrogen (secondary N) is 2. The second kappa shape index (κ2) is 5.90. The average Bonchev–Trinajstić information content (AvgIpc) is 2.16. The maximum atomic E-state index is 11.2. The van der Waals surface area contributed by atoms with Crippen molar-refractivity contribution in [1.82, 2.24) is 10.8 Å². The molecule has 13 heavy (non-hydrogen) atoms. The Labute approximate surface area is 77.7 Å². The standard InChI is InChI=1S/C8H16N2O3/c1-12-9-6-8(11)10-7-2-4-13-5-3-7/h7,9H,2-6H2,1H3,(H,10,11). The molecule has 0 atom stereocenters. The normalized spacial score (nSPS) is 18.5. The first kappa shape index (κ1) is 10.4. The number of ether oxygens (including phenoxy) is 1. The minimum atomic E-state index is -0.0336. The van der Waals surface area contributed by atoms with Crippen molar-refractivity contribution in [3.63, 3.8) is 0 Å². The molecule has 0 bridgehead atoms. The Kier molecular flexibility index (Phi) is 4.74. The van der Waals surface area contributed by atoms with E-state index in [0.717, 1.165) is 26.1 Å². The second-order valence-corrected chi connectivity index (χ2v) is 2.98. The molecule has 76 valence electrons. The molecule has 0 radical (unpaired) electrons. The Hall–Kier alpha value is -0.650. The zero-order valence-electron chi connectivity index (χ0n) is 7.84. The van der Waals surface area contributed by atoms with Crippen LogP contribution >= 0.6 is 0 Å². The van der Waals surface area contributed by atoms with Gasteiger partial charge in [-0.25, -0.2) is 0 Å². The Morgan fingerprint density at radius 3 is 2.85 bits per heavy atom. The molecular formula is C8H16N2O3. The van der Waals surface area contributed by atoms with Crippen LogP contribution in [0.3, 0.4) is 0 Å². The fourth-order valence-electron chi connectivity index (χ4n) is 1.26. The van der Waals surface area contributed by atoms with E-state index in [9.17, 15) is 4.79 Å². The molecule has 0 aromatic carbocycles. The Balaban J connectivity index is 2.11. The van der Waals surface area contributed by atoms with Gasteiger partial charge in [0.2, 0.25) is 5.91 Å². The summed E-state index contributed by atoms with van der Waals surface area (Å²) in [5.41, 5.74) is 2.49. The van der Waals surface area contributed by atoms with Gasteiger partial charge >= 0.3 is 0 Å². The third-order valence-electron chi connectivity index (χ3n) is 1.96. The molecule has 1 rings (SSSR count). The summed E-state index contributed by atoms with van der Waals surface area (Å²) in [5, 5.41) is 2.89. The quantitative estimate of drug-likeness (QED) is 0.580. The fourth-order valence-corrected chi connectivity index (χ4v) is 1.26. The first-order chi connectivity index (χ1) is 6.33. The average molecular weight is 188 g/mol. The Bertz CT molecular complexity index is 157. The van der Waals surface area contributed by atoms with E-state index >= 15 is 0 Å². The lowest BCUT2D eigenvalue weighted by atomic mass is 10.1. The molecule has 0 aromatic rings. The summed E-state index contributed by atoms with van der Waals surface area (Å²) in [5.74, 6) is -0.0336. The maximum Gasteiger partial charge on any atom is 0.236 e. The van der Waals surface area contributed by atoms with Gasteiger partial charge in [-0.1, -0.05) is 0 Å². The van der Waals surface area contributed by atoms with Gasteiger partial charge in [0.1, 0.15) is 0 Å². The molecule has 0 aromatic heterocycles. The van der Waals surface area contributed by atoms with Gasteiger partial charge in [-0.2, -0.15) is 5.48 Å². The van der Waals surface area contributed by atoms with E-state index in [1.165, 1.54) is 7.11 Å². The van der Waals surface area contributed by atoms with E-state index < -0.39 is 0 Å². The predicted molar refractivity (Wildman–Crippen MR) is 47.0 cm³/mol. The van der Waals surface area contributed by atoms with E-state index in [0.29, 0.717) is 0 Å². The summed E-state index contributed by atoms with van der Waals surface area (Å²) in [7, 11) is 1.49. The molecule has 5 nitrogen and oxygen atoms in total. The molecule has 2 N–H and O–H groups in total. The van der Waals surface area contributed by atoms with Crippen molar-refractivity contribution in [3.8, 4) is 0 Å². The second-order valence-electron chi connectivity index (χ2n) is 2.98. The largest absolute Gasteiger partial charge is 0.381 e. The molecule has 0 saturated carbocycles. The number of carbonyl (C=O) groups excluding carboxylic acids is 1. The third kappa shape index (κ3) is 4.21. The van der Waals surface area contributed by atoms with Gasteiger partial charge < -0.3 is 14.9 Å². The van der Waals surface area contributed by atoms with Crippen molar-refractivity contribution < 1.29 is 14.4 Å². The summed E-state index contributed by atoms with van der Waals surface area (Å²) in [6.07, 6.45) is 1.80. The molecular weight excluding hydrogens is 172 g/mol. The SMILES string of the molecule is CONCC(=O)NC1CCOCC1. The minimum absolute atomic E-state index is 0.0336. The molecule has 5 heteroatoms. The van der Waals surface area contributed by atoms with Gasteiger partial charge in [0, 0.05) is 19.3 Å². The molecule has 0 unspecified atom stereocenters. The van der Waals surface area contributed by atoms with E-state index in [-0.39, 0.29) is 18.5 Å². The van der Waals surface area contributed by atoms with E-state index in [1.54, 1.807) is 0 Å². The molecule has 1 heterocycles. The number of amides is 1. The van der Waals surface area contributed by atoms with E-state index in [1.807, 2.05) is 0 Å². The smallest absolute Gasteiger partial charge is 0.236 e. The highest BCUT2D eigenvalue weighted by molar-refractivity contribution is 5.78. The summed E-state index contributed by atoms with van der Waals surface area (Å²) < 4.78 is 5.17. The zero-order chi connectivity index (χ0) is 9.52. The van der Waals surface area contributed by atoms with Crippen molar-refractivity contribution in [1.29, 1.82) is 0 Å². The third-order valence-corrected chi connectivity index (χ3v) is 1.96. The molecule has 1 amide bonds. The summed E-state index contributed by atoms with van der Waals surface area (Å²) >= 11 is 0. The van der Waals surface area contributed by atoms with E-state index in [2.05, 4.69) is 15.6 Å². The van der Waals surface area contributed by atoms with Gasteiger partial charge in [-0.3, -0.25) is 4.79 Å². The highest BCUT2D eigenvalue weighted by Crippen LogP contribution is 2.05. The van der Waals surface area contributed by atoms with Crippen LogP contribution in [-0.2, 0) is 14.4 Å². The summed E-state index contributed by atoms with van der Waals surface area (Å²) in [6, 6.07) is 0.264. The van der Waals surface area contributed by atoms with Crippen LogP contribution in [-0.4, -0.2) is 38.8 Å². The monoisotopic (exact) mass is 188 g/mol. The van der Waals surface area contributed by atoms with Gasteiger partial charge in [-0.05, 0) is 12.8 Å². The summed E-state index contributed by atoms with van der Waals surface area (Å²) in [4.78, 5) is 15.7. The van der Waals surface area contributed by atoms with Crippen LogP contribution in [0.15, 0.2) is 0 Å². The molecule has 1 saturated heterocycles. The van der Waals surface area contributed by atoms with Crippen molar-refractivity contribution in [3.05, 3.63) is 0 Å². The van der Waals surface area contributed by atoms with Crippen molar-refractivity contribution >= 4 is 5.91 Å². The molecule has 1 fully saturated rings. The molecule has 1 aliphatic rings. The van der Waals surface area contributed by atoms with E-state index in [4.69, 9.17) is 4.74 Å². The maximum absolute atomic E-state index is 11.2. The number of carbonyl (C=O) groups is 1. The first-order valence-electron chi connectivity index (χ1n) is 4.46. The van der Waals surface area contributed by atoms with Crippen LogP contribution in [0.1, 0.15) is 12.8 Å². The fraction of sp³-hybridized carbons (Fsp3) is 0.875. The van der Waals surface area contributed by atoms with Crippen LogP contribution in [0.4, 0.5) is 0 Å². The number of hydrogen-bond donors (Lipinski definition) is 2. The highest BCUT2D eigenvalue weighted by Gasteiger charge is 2.15. The molecule has 0 aliphatic carbocycles. The van der Waals surface area contributed by atoms with Gasteiger partial charge in [0.25, 0.3) is 0 Å². The zero-order valence-corrected chi connectivity index (χ0v) is 7.84. The highest BCUT2D eigenvalue weighted by atomic mass is 16.6. The van der Waals surface area contributed by atoms with Gasteiger partial charge in [-0.15, -0.1) is 0 Å². The minimum Gasteiger partial charge on any atom is -0.381 e. The van der Waals surface area contributed by atoms with Crippen LogP contribution in [0.5, 0.6) is 0 Å². The van der Waals surface area contributed by atoms with Gasteiger partial charge in [0.05, 0.1) is 13.7 Å². The predicted octanol–water partition coefficient (Wildman–Crippen LogP) is -0.567. The van der Waals surface area contributed by atoms with Crippen LogP contribution < -0.4 is 10.8 Å². The van der Waals surface area contributed by atoms with Crippen LogP contribution in [0, 0.1) is 0 Å². The lowest BCUT2D eigenvalue weighted by Gasteiger charge is -2.22. The molecule has 1 aliphatic heterocycles. The lowest BCUT2D eigenvalue weighted by Crippen LogP contribution is -2.42. The Morgan fingerprint density at radius 2 is 2.23 bits per heavy atom. The van der Waals surface area contributed by atoms with Crippen molar-refractivity contribution in [2.75, 3.05) is 26.9 Å². The number of rotatable bonds is 4. The van der Waals surface area contributed by atoms with Crippen molar-refractivity contribution in [2.45, 2.75) is 18.9 Å². The summed E-state index contributed by atoms with van der Waals surface area (Å²) in [6.45, 7) is 1.68. The lowest BCUT2D eigenvalue weighted by molar-refractivity contribution is -0.123. The van der Waals surface area contributed by atoms with Crippen LogP contribution in [0.2, 0.25) is 0 Å². The Morgan fingerprint density at radius 1 is 1.54 bits per heavy atom. The van der Waals surface area contributed by atoms with Crippen molar-refractivity contribution in [2.24, 2.45) is 0 Å².